The number of halogens is 2. The molecule has 0 radical (unpaired) electrons. The first-order valence-corrected chi connectivity index (χ1v) is 10.2. The number of benzene rings is 2. The average molecular weight is 473 g/mol. The molecule has 0 aliphatic heterocycles. The number of carbonyl (C=O) groups excluding carboxylic acids is 1. The molecule has 30 heavy (non-hydrogen) atoms. The largest absolute Gasteiger partial charge is 0.507 e. The number of phenolic OH excluding ortho intramolecular Hbond substituents is 1. The fourth-order valence-electron chi connectivity index (χ4n) is 2.50. The molecular weight excluding hydrogens is 455 g/mol. The number of rotatable bonds is 9. The Morgan fingerprint density at radius 1 is 1.13 bits per heavy atom. The quantitative estimate of drug-likeness (QED) is 0.275. The summed E-state index contributed by atoms with van der Waals surface area (Å²) >= 11 is 13.3. The van der Waals surface area contributed by atoms with Crippen LogP contribution in [0, 0.1) is 0 Å². The summed E-state index contributed by atoms with van der Waals surface area (Å²) in [5, 5.41) is 34.6. The molecule has 0 unspecified atom stereocenters. The lowest BCUT2D eigenvalue weighted by Crippen LogP contribution is -2.41. The predicted molar refractivity (Wildman–Crippen MR) is 115 cm³/mol. The third kappa shape index (κ3) is 6.45. The van der Waals surface area contributed by atoms with E-state index in [1.165, 1.54) is 19.1 Å². The molecule has 8 nitrogen and oxygen atoms in total. The zero-order valence-electron chi connectivity index (χ0n) is 15.6. The fraction of sp³-hybridized carbons (Fsp3) is 0.211. The van der Waals surface area contributed by atoms with Crippen molar-refractivity contribution in [1.82, 2.24) is 5.32 Å². The molecule has 0 saturated heterocycles. The predicted octanol–water partition coefficient (Wildman–Crippen LogP) is 3.75. The Balaban J connectivity index is 2.38. The summed E-state index contributed by atoms with van der Waals surface area (Å²) < 4.78 is 0. The number of aliphatic carboxylic acids is 2. The highest BCUT2D eigenvalue weighted by atomic mass is 35.5. The number of carboxylic acids is 2. The van der Waals surface area contributed by atoms with Crippen LogP contribution in [-0.2, 0) is 20.8 Å². The lowest BCUT2D eigenvalue weighted by atomic mass is 10.1. The van der Waals surface area contributed by atoms with E-state index in [9.17, 15) is 29.7 Å². The van der Waals surface area contributed by atoms with Gasteiger partial charge in [-0.05, 0) is 29.8 Å². The molecule has 0 bridgehead atoms. The second kappa shape index (κ2) is 10.4. The fourth-order valence-corrected chi connectivity index (χ4v) is 3.97. The highest BCUT2D eigenvalue weighted by Gasteiger charge is 2.21. The van der Waals surface area contributed by atoms with Crippen molar-refractivity contribution in [2.24, 2.45) is 0 Å². The van der Waals surface area contributed by atoms with Crippen LogP contribution in [0.15, 0.2) is 35.2 Å². The zero-order chi connectivity index (χ0) is 22.4. The van der Waals surface area contributed by atoms with Gasteiger partial charge in [-0.25, -0.2) is 4.79 Å². The number of thioether (sulfide) groups is 1. The van der Waals surface area contributed by atoms with Gasteiger partial charge in [-0.15, -0.1) is 11.8 Å². The normalized spacial score (nSPS) is 11.6. The van der Waals surface area contributed by atoms with Crippen LogP contribution in [-0.4, -0.2) is 45.0 Å². The number of nitrogens with one attached hydrogen (secondary N) is 2. The number of hydrogen-bond acceptors (Lipinski definition) is 6. The molecule has 0 spiro atoms. The molecule has 11 heteroatoms. The molecule has 0 aliphatic rings. The molecular formula is C19H18Cl2N2O6S. The minimum atomic E-state index is -1.22. The Kier molecular flexibility index (Phi) is 8.22. The molecule has 0 aromatic heterocycles. The van der Waals surface area contributed by atoms with Crippen molar-refractivity contribution >= 4 is 64.2 Å². The van der Waals surface area contributed by atoms with Gasteiger partial charge in [0.25, 0.3) is 0 Å². The Bertz CT molecular complexity index is 965. The van der Waals surface area contributed by atoms with Crippen molar-refractivity contribution in [3.05, 3.63) is 45.9 Å². The Hall–Kier alpha value is -2.62. The first-order chi connectivity index (χ1) is 14.1. The van der Waals surface area contributed by atoms with Crippen molar-refractivity contribution in [2.45, 2.75) is 24.3 Å². The summed E-state index contributed by atoms with van der Waals surface area (Å²) in [6.07, 6.45) is -0.382. The zero-order valence-corrected chi connectivity index (χ0v) is 17.9. The standard InChI is InChI=1S/C19H18Cl2N2O6S/c1-9(24)22-14(19(28)29)8-30-16-7-13(10(5-15(16)25)6-17(26)27)23-18-11(20)3-2-4-12(18)21/h2-5,7,14,23,25H,6,8H2,1H3,(H,22,24)(H,26,27)(H,28,29)/t14-/m0/s1. The van der Waals surface area contributed by atoms with E-state index in [0.29, 0.717) is 21.4 Å². The van der Waals surface area contributed by atoms with Crippen molar-refractivity contribution in [2.75, 3.05) is 11.1 Å². The lowest BCUT2D eigenvalue weighted by Gasteiger charge is -2.17. The molecule has 1 amide bonds. The second-order valence-corrected chi connectivity index (χ2v) is 8.05. The Morgan fingerprint density at radius 2 is 1.77 bits per heavy atom. The van der Waals surface area contributed by atoms with Crippen LogP contribution >= 0.6 is 35.0 Å². The summed E-state index contributed by atoms with van der Waals surface area (Å²) in [6.45, 7) is 1.20. The summed E-state index contributed by atoms with van der Waals surface area (Å²) in [5.74, 6) is -3.12. The maximum absolute atomic E-state index is 11.3. The summed E-state index contributed by atoms with van der Waals surface area (Å²) in [4.78, 5) is 34.0. The van der Waals surface area contributed by atoms with E-state index >= 15 is 0 Å². The molecule has 160 valence electrons. The number of amides is 1. The maximum atomic E-state index is 11.3. The van der Waals surface area contributed by atoms with Crippen LogP contribution in [0.25, 0.3) is 0 Å². The van der Waals surface area contributed by atoms with Gasteiger partial charge in [0, 0.05) is 18.4 Å². The van der Waals surface area contributed by atoms with Crippen LogP contribution in [0.4, 0.5) is 11.4 Å². The van der Waals surface area contributed by atoms with Crippen LogP contribution in [0.1, 0.15) is 12.5 Å². The van der Waals surface area contributed by atoms with Crippen LogP contribution < -0.4 is 10.6 Å². The molecule has 0 heterocycles. The summed E-state index contributed by atoms with van der Waals surface area (Å²) in [5.41, 5.74) is 0.965. The number of carbonyl (C=O) groups is 3. The van der Waals surface area contributed by atoms with Gasteiger partial charge in [-0.2, -0.15) is 0 Å². The van der Waals surface area contributed by atoms with E-state index in [4.69, 9.17) is 23.2 Å². The number of phenols is 1. The summed E-state index contributed by atoms with van der Waals surface area (Å²) in [7, 11) is 0. The van der Waals surface area contributed by atoms with Gasteiger partial charge in [-0.3, -0.25) is 9.59 Å². The van der Waals surface area contributed by atoms with E-state index in [-0.39, 0.29) is 28.4 Å². The van der Waals surface area contributed by atoms with Crippen LogP contribution in [0.3, 0.4) is 0 Å². The average Bonchev–Trinajstić information content (AvgIpc) is 2.63. The molecule has 1 atom stereocenters. The van der Waals surface area contributed by atoms with Gasteiger partial charge < -0.3 is 26.0 Å². The topological polar surface area (TPSA) is 136 Å². The van der Waals surface area contributed by atoms with Crippen molar-refractivity contribution in [1.29, 1.82) is 0 Å². The van der Waals surface area contributed by atoms with E-state index in [1.54, 1.807) is 18.2 Å². The number of para-hydroxylation sites is 1. The number of carboxylic acid groups (broad SMARTS) is 2. The first kappa shape index (κ1) is 23.7. The minimum absolute atomic E-state index is 0.0625. The van der Waals surface area contributed by atoms with Gasteiger partial charge in [0.1, 0.15) is 11.8 Å². The number of anilines is 2. The third-order valence-corrected chi connectivity index (χ3v) is 5.60. The third-order valence-electron chi connectivity index (χ3n) is 3.83. The number of hydrogen-bond donors (Lipinski definition) is 5. The van der Waals surface area contributed by atoms with E-state index in [0.717, 1.165) is 11.8 Å². The van der Waals surface area contributed by atoms with E-state index < -0.39 is 23.9 Å². The number of aromatic hydroxyl groups is 1. The SMILES string of the molecule is CC(=O)N[C@@H](CSc1cc(Nc2c(Cl)cccc2Cl)c(CC(=O)O)cc1O)C(=O)O. The van der Waals surface area contributed by atoms with Gasteiger partial charge in [0.2, 0.25) is 5.91 Å². The van der Waals surface area contributed by atoms with Crippen molar-refractivity contribution in [3.8, 4) is 5.75 Å². The second-order valence-electron chi connectivity index (χ2n) is 6.17. The summed E-state index contributed by atoms with van der Waals surface area (Å²) in [6, 6.07) is 6.45. The first-order valence-electron chi connectivity index (χ1n) is 8.50. The molecule has 2 rings (SSSR count). The van der Waals surface area contributed by atoms with Gasteiger partial charge in [0.05, 0.1) is 27.0 Å². The monoisotopic (exact) mass is 472 g/mol. The van der Waals surface area contributed by atoms with E-state index in [2.05, 4.69) is 10.6 Å². The molecule has 0 aliphatic carbocycles. The highest BCUT2D eigenvalue weighted by Crippen LogP contribution is 2.38. The van der Waals surface area contributed by atoms with Crippen molar-refractivity contribution in [3.63, 3.8) is 0 Å². The lowest BCUT2D eigenvalue weighted by molar-refractivity contribution is -0.140. The van der Waals surface area contributed by atoms with E-state index in [1.807, 2.05) is 0 Å². The minimum Gasteiger partial charge on any atom is -0.507 e. The van der Waals surface area contributed by atoms with Crippen molar-refractivity contribution < 1.29 is 29.7 Å². The van der Waals surface area contributed by atoms with Gasteiger partial charge in [0.15, 0.2) is 0 Å². The highest BCUT2D eigenvalue weighted by molar-refractivity contribution is 7.99. The maximum Gasteiger partial charge on any atom is 0.327 e. The molecule has 0 fully saturated rings. The molecule has 2 aromatic rings. The Morgan fingerprint density at radius 3 is 2.30 bits per heavy atom. The van der Waals surface area contributed by atoms with Gasteiger partial charge >= 0.3 is 11.9 Å². The smallest absolute Gasteiger partial charge is 0.327 e. The Labute approximate surface area is 186 Å². The van der Waals surface area contributed by atoms with Crippen LogP contribution in [0.5, 0.6) is 5.75 Å². The molecule has 0 saturated carbocycles. The van der Waals surface area contributed by atoms with Gasteiger partial charge in [-0.1, -0.05) is 29.3 Å². The van der Waals surface area contributed by atoms with Crippen LogP contribution in [0.2, 0.25) is 10.0 Å². The molecule has 5 N–H and O–H groups in total. The molecule has 2 aromatic carbocycles.